The number of carbonyl (C=O) groups is 1. The van der Waals surface area contributed by atoms with Crippen LogP contribution < -0.4 is 4.74 Å². The maximum atomic E-state index is 11.2. The summed E-state index contributed by atoms with van der Waals surface area (Å²) in [6, 6.07) is 6.92. The van der Waals surface area contributed by atoms with E-state index >= 15 is 0 Å². The molecule has 1 aromatic carbocycles. The first-order valence-electron chi connectivity index (χ1n) is 6.21. The molecule has 0 radical (unpaired) electrons. The van der Waals surface area contributed by atoms with Gasteiger partial charge in [0.25, 0.3) is 0 Å². The summed E-state index contributed by atoms with van der Waals surface area (Å²) >= 11 is 0. The molecule has 0 aliphatic carbocycles. The molecule has 0 spiro atoms. The average Bonchev–Trinajstić information content (AvgIpc) is 2.43. The number of nitrogens with zero attached hydrogens (tertiary/aromatic N) is 1. The minimum Gasteiger partial charge on any atom is -0.497 e. The number of allylic oxidation sites excluding steroid dienone is 1. The van der Waals surface area contributed by atoms with Crippen molar-refractivity contribution < 1.29 is 19.2 Å². The Labute approximate surface area is 117 Å². The van der Waals surface area contributed by atoms with Gasteiger partial charge in [-0.1, -0.05) is 12.1 Å². The predicted octanol–water partition coefficient (Wildman–Crippen LogP) is 2.66. The molecule has 6 nitrogen and oxygen atoms in total. The summed E-state index contributed by atoms with van der Waals surface area (Å²) in [6.07, 6.45) is 1.45. The van der Waals surface area contributed by atoms with E-state index in [2.05, 4.69) is 0 Å². The third-order valence-corrected chi connectivity index (χ3v) is 2.55. The van der Waals surface area contributed by atoms with Gasteiger partial charge in [-0.15, -0.1) is 0 Å². The number of hydrogen-bond donors (Lipinski definition) is 0. The van der Waals surface area contributed by atoms with Crippen molar-refractivity contribution >= 4 is 12.0 Å². The smallest absolute Gasteiger partial charge is 0.306 e. The molecule has 0 aromatic heterocycles. The first-order chi connectivity index (χ1) is 9.56. The molecule has 0 aliphatic rings. The molecule has 0 fully saturated rings. The number of esters is 1. The maximum absolute atomic E-state index is 11.2. The summed E-state index contributed by atoms with van der Waals surface area (Å²) in [5, 5.41) is 11.0. The van der Waals surface area contributed by atoms with Crippen LogP contribution in [-0.4, -0.2) is 24.6 Å². The topological polar surface area (TPSA) is 78.7 Å². The van der Waals surface area contributed by atoms with Crippen LogP contribution in [0.25, 0.3) is 6.08 Å². The summed E-state index contributed by atoms with van der Waals surface area (Å²) in [5.74, 6) is 0.178. The molecule has 108 valence electrons. The van der Waals surface area contributed by atoms with Crippen molar-refractivity contribution in [1.82, 2.24) is 0 Å². The molecule has 0 saturated heterocycles. The molecule has 1 rings (SSSR count). The van der Waals surface area contributed by atoms with Crippen LogP contribution in [-0.2, 0) is 9.53 Å². The Bertz CT molecular complexity index is 510. The van der Waals surface area contributed by atoms with Crippen LogP contribution in [0.4, 0.5) is 0 Å². The quantitative estimate of drug-likeness (QED) is 0.435. The zero-order valence-electron chi connectivity index (χ0n) is 11.5. The monoisotopic (exact) mass is 279 g/mol. The molecule has 0 bridgehead atoms. The highest BCUT2D eigenvalue weighted by atomic mass is 16.6. The van der Waals surface area contributed by atoms with Gasteiger partial charge < -0.3 is 9.47 Å². The van der Waals surface area contributed by atoms with Crippen LogP contribution in [0, 0.1) is 10.1 Å². The molecular weight excluding hydrogens is 262 g/mol. The van der Waals surface area contributed by atoms with E-state index in [1.165, 1.54) is 13.2 Å². The number of rotatable bonds is 7. The lowest BCUT2D eigenvalue weighted by molar-refractivity contribution is -0.426. The number of nitro groups is 1. The lowest BCUT2D eigenvalue weighted by Gasteiger charge is -2.02. The second kappa shape index (κ2) is 7.93. The zero-order chi connectivity index (χ0) is 15.0. The SMILES string of the molecule is CCOC(=O)CC/C(=C/c1cccc(OC)c1)[N+](=O)[O-]. The van der Waals surface area contributed by atoms with E-state index in [1.807, 2.05) is 0 Å². The molecule has 20 heavy (non-hydrogen) atoms. The van der Waals surface area contributed by atoms with E-state index < -0.39 is 10.9 Å². The van der Waals surface area contributed by atoms with Crippen molar-refractivity contribution in [2.75, 3.05) is 13.7 Å². The van der Waals surface area contributed by atoms with Crippen molar-refractivity contribution in [3.05, 3.63) is 45.6 Å². The van der Waals surface area contributed by atoms with E-state index in [4.69, 9.17) is 9.47 Å². The fourth-order valence-electron chi connectivity index (χ4n) is 1.60. The van der Waals surface area contributed by atoms with Crippen LogP contribution in [0.3, 0.4) is 0 Å². The van der Waals surface area contributed by atoms with E-state index in [0.29, 0.717) is 11.3 Å². The van der Waals surface area contributed by atoms with Crippen LogP contribution in [0.5, 0.6) is 5.75 Å². The molecule has 0 heterocycles. The Morgan fingerprint density at radius 3 is 2.75 bits per heavy atom. The first kappa shape index (κ1) is 15.7. The van der Waals surface area contributed by atoms with Crippen molar-refractivity contribution in [3.63, 3.8) is 0 Å². The van der Waals surface area contributed by atoms with E-state index in [9.17, 15) is 14.9 Å². The summed E-state index contributed by atoms with van der Waals surface area (Å²) in [4.78, 5) is 21.7. The third-order valence-electron chi connectivity index (χ3n) is 2.55. The first-order valence-corrected chi connectivity index (χ1v) is 6.21. The lowest BCUT2D eigenvalue weighted by atomic mass is 10.1. The van der Waals surface area contributed by atoms with Crippen molar-refractivity contribution in [3.8, 4) is 5.75 Å². The van der Waals surface area contributed by atoms with Gasteiger partial charge in [-0.25, -0.2) is 0 Å². The largest absolute Gasteiger partial charge is 0.497 e. The Morgan fingerprint density at radius 1 is 1.40 bits per heavy atom. The van der Waals surface area contributed by atoms with E-state index in [-0.39, 0.29) is 25.1 Å². The second-order valence-corrected chi connectivity index (χ2v) is 3.97. The van der Waals surface area contributed by atoms with Crippen LogP contribution in [0.2, 0.25) is 0 Å². The van der Waals surface area contributed by atoms with Crippen LogP contribution in [0.1, 0.15) is 25.3 Å². The molecule has 0 unspecified atom stereocenters. The fraction of sp³-hybridized carbons (Fsp3) is 0.357. The number of carbonyl (C=O) groups excluding carboxylic acids is 1. The number of methoxy groups -OCH3 is 1. The van der Waals surface area contributed by atoms with Gasteiger partial charge in [-0.2, -0.15) is 0 Å². The van der Waals surface area contributed by atoms with Crippen molar-refractivity contribution in [1.29, 1.82) is 0 Å². The summed E-state index contributed by atoms with van der Waals surface area (Å²) in [6.45, 7) is 1.96. The average molecular weight is 279 g/mol. The van der Waals surface area contributed by atoms with Gasteiger partial charge in [-0.05, 0) is 24.6 Å². The van der Waals surface area contributed by atoms with Gasteiger partial charge in [-0.3, -0.25) is 14.9 Å². The molecule has 0 aliphatic heterocycles. The Balaban J connectivity index is 2.81. The van der Waals surface area contributed by atoms with E-state index in [0.717, 1.165) is 0 Å². The van der Waals surface area contributed by atoms with Gasteiger partial charge in [0.15, 0.2) is 0 Å². The van der Waals surface area contributed by atoms with Gasteiger partial charge in [0.2, 0.25) is 5.70 Å². The number of ether oxygens (including phenoxy) is 2. The highest BCUT2D eigenvalue weighted by molar-refractivity contribution is 5.70. The van der Waals surface area contributed by atoms with Gasteiger partial charge in [0.1, 0.15) is 5.75 Å². The minimum absolute atomic E-state index is 0.00930. The summed E-state index contributed by atoms with van der Waals surface area (Å²) in [5.41, 5.74) is 0.617. The number of benzene rings is 1. The molecule has 6 heteroatoms. The second-order valence-electron chi connectivity index (χ2n) is 3.97. The van der Waals surface area contributed by atoms with Gasteiger partial charge in [0.05, 0.1) is 25.1 Å². The van der Waals surface area contributed by atoms with Gasteiger partial charge in [0, 0.05) is 12.5 Å². The minimum atomic E-state index is -0.487. The molecule has 0 N–H and O–H groups in total. The van der Waals surface area contributed by atoms with E-state index in [1.54, 1.807) is 31.2 Å². The molecule has 0 amide bonds. The van der Waals surface area contributed by atoms with Crippen LogP contribution in [0.15, 0.2) is 30.0 Å². The standard InChI is InChI=1S/C14H17NO5/c1-3-20-14(16)8-7-12(15(17)18)9-11-5-4-6-13(10-11)19-2/h4-6,9-10H,3,7-8H2,1-2H3/b12-9-. The fourth-order valence-corrected chi connectivity index (χ4v) is 1.60. The molecule has 0 atom stereocenters. The maximum Gasteiger partial charge on any atom is 0.306 e. The number of hydrogen-bond acceptors (Lipinski definition) is 5. The predicted molar refractivity (Wildman–Crippen MR) is 73.8 cm³/mol. The Kier molecular flexibility index (Phi) is 6.22. The molecular formula is C14H17NO5. The Morgan fingerprint density at radius 2 is 2.15 bits per heavy atom. The Hall–Kier alpha value is -2.37. The highest BCUT2D eigenvalue weighted by Crippen LogP contribution is 2.17. The van der Waals surface area contributed by atoms with Gasteiger partial charge >= 0.3 is 5.97 Å². The third kappa shape index (κ3) is 5.09. The summed E-state index contributed by atoms with van der Waals surface area (Å²) < 4.78 is 9.80. The lowest BCUT2D eigenvalue weighted by Crippen LogP contribution is -2.07. The molecule has 0 saturated carbocycles. The normalized spacial score (nSPS) is 11.0. The highest BCUT2D eigenvalue weighted by Gasteiger charge is 2.14. The van der Waals surface area contributed by atoms with Crippen molar-refractivity contribution in [2.45, 2.75) is 19.8 Å². The summed E-state index contributed by atoms with van der Waals surface area (Å²) in [7, 11) is 1.53. The van der Waals surface area contributed by atoms with Crippen molar-refractivity contribution in [2.24, 2.45) is 0 Å². The van der Waals surface area contributed by atoms with Crippen LogP contribution >= 0.6 is 0 Å². The molecule has 1 aromatic rings. The zero-order valence-corrected chi connectivity index (χ0v) is 11.5.